The number of amides is 1. The molecule has 0 saturated carbocycles. The summed E-state index contributed by atoms with van der Waals surface area (Å²) in [5.41, 5.74) is 2.77. The normalized spacial score (nSPS) is 10.2. The van der Waals surface area contributed by atoms with Crippen LogP contribution in [0.25, 0.3) is 0 Å². The van der Waals surface area contributed by atoms with Gasteiger partial charge >= 0.3 is 0 Å². The number of anilines is 1. The van der Waals surface area contributed by atoms with Gasteiger partial charge in [0, 0.05) is 13.1 Å². The number of carbonyl (C=O) groups excluding carboxylic acids is 1. The van der Waals surface area contributed by atoms with Crippen molar-refractivity contribution < 1.29 is 4.79 Å². The minimum absolute atomic E-state index is 0.196. The van der Waals surface area contributed by atoms with Gasteiger partial charge in [-0.3, -0.25) is 4.79 Å². The molecule has 0 aliphatic carbocycles. The van der Waals surface area contributed by atoms with Crippen molar-refractivity contribution >= 4 is 11.7 Å². The molecule has 0 aliphatic heterocycles. The van der Waals surface area contributed by atoms with Gasteiger partial charge in [-0.05, 0) is 38.0 Å². The first-order valence-corrected chi connectivity index (χ1v) is 7.10. The number of carbonyl (C=O) groups is 1. The molecular weight excluding hydrogens is 264 g/mol. The van der Waals surface area contributed by atoms with Crippen LogP contribution in [0.2, 0.25) is 0 Å². The lowest BCUT2D eigenvalue weighted by molar-refractivity contribution is 0.0948. The summed E-state index contributed by atoms with van der Waals surface area (Å²) >= 11 is 0. The standard InChI is InChI=1S/C16H20N4O/c1-3-17-15-8-7-14(19-20-15)16(21)18-10-9-13-6-4-5-12(2)11-13/h4-8,11H,3,9-10H2,1-2H3,(H,17,20)(H,18,21). The van der Waals surface area contributed by atoms with E-state index in [1.165, 1.54) is 11.1 Å². The van der Waals surface area contributed by atoms with Crippen LogP contribution in [0.4, 0.5) is 5.82 Å². The number of hydrogen-bond donors (Lipinski definition) is 2. The van der Waals surface area contributed by atoms with Crippen LogP contribution in [-0.2, 0) is 6.42 Å². The van der Waals surface area contributed by atoms with Gasteiger partial charge in [-0.2, -0.15) is 0 Å². The van der Waals surface area contributed by atoms with E-state index in [4.69, 9.17) is 0 Å². The zero-order valence-corrected chi connectivity index (χ0v) is 12.4. The smallest absolute Gasteiger partial charge is 0.271 e. The fourth-order valence-corrected chi connectivity index (χ4v) is 2.01. The number of aromatic nitrogens is 2. The summed E-state index contributed by atoms with van der Waals surface area (Å²) in [4.78, 5) is 11.9. The predicted molar refractivity (Wildman–Crippen MR) is 83.4 cm³/mol. The maximum Gasteiger partial charge on any atom is 0.271 e. The molecule has 0 bridgehead atoms. The summed E-state index contributed by atoms with van der Waals surface area (Å²) in [6.07, 6.45) is 0.802. The topological polar surface area (TPSA) is 66.9 Å². The number of nitrogens with zero attached hydrogens (tertiary/aromatic N) is 2. The van der Waals surface area contributed by atoms with E-state index in [1.54, 1.807) is 12.1 Å². The number of benzene rings is 1. The highest BCUT2D eigenvalue weighted by molar-refractivity contribution is 5.92. The van der Waals surface area contributed by atoms with Crippen LogP contribution < -0.4 is 10.6 Å². The summed E-state index contributed by atoms with van der Waals surface area (Å²) in [6, 6.07) is 11.7. The molecule has 0 saturated heterocycles. The molecule has 2 rings (SSSR count). The van der Waals surface area contributed by atoms with E-state index in [9.17, 15) is 4.79 Å². The fraction of sp³-hybridized carbons (Fsp3) is 0.312. The van der Waals surface area contributed by atoms with E-state index in [-0.39, 0.29) is 5.91 Å². The summed E-state index contributed by atoms with van der Waals surface area (Å²) in [7, 11) is 0. The number of aryl methyl sites for hydroxylation is 1. The third-order valence-electron chi connectivity index (χ3n) is 3.04. The molecule has 21 heavy (non-hydrogen) atoms. The van der Waals surface area contributed by atoms with Gasteiger partial charge in [-0.25, -0.2) is 0 Å². The van der Waals surface area contributed by atoms with Crippen molar-refractivity contribution in [1.82, 2.24) is 15.5 Å². The van der Waals surface area contributed by atoms with E-state index in [2.05, 4.69) is 46.0 Å². The van der Waals surface area contributed by atoms with Crippen molar-refractivity contribution in [1.29, 1.82) is 0 Å². The van der Waals surface area contributed by atoms with Crippen molar-refractivity contribution in [2.24, 2.45) is 0 Å². The Balaban J connectivity index is 1.84. The quantitative estimate of drug-likeness (QED) is 0.853. The van der Waals surface area contributed by atoms with Gasteiger partial charge in [0.15, 0.2) is 5.69 Å². The van der Waals surface area contributed by atoms with Gasteiger partial charge in [-0.1, -0.05) is 29.8 Å². The van der Waals surface area contributed by atoms with Crippen LogP contribution >= 0.6 is 0 Å². The van der Waals surface area contributed by atoms with E-state index in [1.807, 2.05) is 13.0 Å². The highest BCUT2D eigenvalue weighted by Crippen LogP contribution is 2.04. The zero-order valence-electron chi connectivity index (χ0n) is 12.4. The molecule has 1 heterocycles. The molecule has 0 fully saturated rings. The average molecular weight is 284 g/mol. The highest BCUT2D eigenvalue weighted by Gasteiger charge is 2.07. The predicted octanol–water partition coefficient (Wildman–Crippen LogP) is 2.19. The molecule has 1 aromatic carbocycles. The fourth-order valence-electron chi connectivity index (χ4n) is 2.01. The molecule has 0 radical (unpaired) electrons. The van der Waals surface area contributed by atoms with E-state index in [0.717, 1.165) is 13.0 Å². The Kier molecular flexibility index (Phi) is 5.26. The van der Waals surface area contributed by atoms with Crippen LogP contribution in [0, 0.1) is 6.92 Å². The minimum Gasteiger partial charge on any atom is -0.369 e. The first kappa shape index (κ1) is 15.0. The molecule has 2 aromatic rings. The lowest BCUT2D eigenvalue weighted by atomic mass is 10.1. The molecule has 110 valence electrons. The van der Waals surface area contributed by atoms with Gasteiger partial charge in [0.1, 0.15) is 5.82 Å². The van der Waals surface area contributed by atoms with Crippen molar-refractivity contribution in [3.63, 3.8) is 0 Å². The SMILES string of the molecule is CCNc1ccc(C(=O)NCCc2cccc(C)c2)nn1. The van der Waals surface area contributed by atoms with Gasteiger partial charge in [0.05, 0.1) is 0 Å². The molecule has 2 N–H and O–H groups in total. The Morgan fingerprint density at radius 1 is 1.19 bits per heavy atom. The Morgan fingerprint density at radius 3 is 2.71 bits per heavy atom. The molecule has 0 spiro atoms. The first-order valence-electron chi connectivity index (χ1n) is 7.10. The second-order valence-electron chi connectivity index (χ2n) is 4.83. The van der Waals surface area contributed by atoms with Gasteiger partial charge in [0.2, 0.25) is 0 Å². The maximum atomic E-state index is 11.9. The van der Waals surface area contributed by atoms with E-state index < -0.39 is 0 Å². The number of nitrogens with one attached hydrogen (secondary N) is 2. The van der Waals surface area contributed by atoms with Gasteiger partial charge in [-0.15, -0.1) is 10.2 Å². The number of rotatable bonds is 6. The minimum atomic E-state index is -0.196. The van der Waals surface area contributed by atoms with Crippen LogP contribution in [0.5, 0.6) is 0 Å². The Morgan fingerprint density at radius 2 is 2.05 bits per heavy atom. The first-order chi connectivity index (χ1) is 10.2. The van der Waals surface area contributed by atoms with Crippen molar-refractivity contribution in [3.05, 3.63) is 53.2 Å². The van der Waals surface area contributed by atoms with Crippen LogP contribution in [0.1, 0.15) is 28.5 Å². The lowest BCUT2D eigenvalue weighted by Crippen LogP contribution is -2.26. The molecule has 5 nitrogen and oxygen atoms in total. The summed E-state index contributed by atoms with van der Waals surface area (Å²) in [5, 5.41) is 13.8. The molecule has 0 unspecified atom stereocenters. The number of hydrogen-bond acceptors (Lipinski definition) is 4. The van der Waals surface area contributed by atoms with Crippen LogP contribution in [-0.4, -0.2) is 29.2 Å². The monoisotopic (exact) mass is 284 g/mol. The maximum absolute atomic E-state index is 11.9. The van der Waals surface area contributed by atoms with Crippen LogP contribution in [0.3, 0.4) is 0 Å². The Hall–Kier alpha value is -2.43. The van der Waals surface area contributed by atoms with Crippen molar-refractivity contribution in [3.8, 4) is 0 Å². The lowest BCUT2D eigenvalue weighted by Gasteiger charge is -2.06. The third kappa shape index (κ3) is 4.56. The van der Waals surface area contributed by atoms with Crippen LogP contribution in [0.15, 0.2) is 36.4 Å². The highest BCUT2D eigenvalue weighted by atomic mass is 16.1. The van der Waals surface area contributed by atoms with E-state index in [0.29, 0.717) is 18.1 Å². The summed E-state index contributed by atoms with van der Waals surface area (Å²) in [5.74, 6) is 0.479. The third-order valence-corrected chi connectivity index (χ3v) is 3.04. The molecule has 1 amide bonds. The molecule has 5 heteroatoms. The van der Waals surface area contributed by atoms with E-state index >= 15 is 0 Å². The zero-order chi connectivity index (χ0) is 15.1. The largest absolute Gasteiger partial charge is 0.369 e. The van der Waals surface area contributed by atoms with Gasteiger partial charge in [0.25, 0.3) is 5.91 Å². The Bertz CT molecular complexity index is 595. The van der Waals surface area contributed by atoms with Crippen molar-refractivity contribution in [2.45, 2.75) is 20.3 Å². The molecule has 0 aliphatic rings. The van der Waals surface area contributed by atoms with Gasteiger partial charge < -0.3 is 10.6 Å². The molecule has 1 aromatic heterocycles. The second-order valence-corrected chi connectivity index (χ2v) is 4.83. The Labute approximate surface area is 124 Å². The average Bonchev–Trinajstić information content (AvgIpc) is 2.48. The summed E-state index contributed by atoms with van der Waals surface area (Å²) < 4.78 is 0. The summed E-state index contributed by atoms with van der Waals surface area (Å²) in [6.45, 7) is 5.40. The molecule has 0 atom stereocenters. The second kappa shape index (κ2) is 7.38. The molecular formula is C16H20N4O. The van der Waals surface area contributed by atoms with Crippen molar-refractivity contribution in [2.75, 3.05) is 18.4 Å².